The topological polar surface area (TPSA) is 41.6 Å². The zero-order valence-electron chi connectivity index (χ0n) is 13.3. The summed E-state index contributed by atoms with van der Waals surface area (Å²) in [5.74, 6) is 1.18. The van der Waals surface area contributed by atoms with Gasteiger partial charge in [0.15, 0.2) is 5.96 Å². The van der Waals surface area contributed by atoms with E-state index in [1.807, 2.05) is 26.0 Å². The molecule has 1 saturated heterocycles. The van der Waals surface area contributed by atoms with Crippen molar-refractivity contribution < 1.29 is 4.39 Å². The fraction of sp³-hybridized carbons (Fsp3) is 0.588. The average molecular weight is 291 g/mol. The highest BCUT2D eigenvalue weighted by Gasteiger charge is 2.24. The Morgan fingerprint density at radius 3 is 2.57 bits per heavy atom. The molecular formula is C17H26FN3. The summed E-state index contributed by atoms with van der Waals surface area (Å²) >= 11 is 0. The molecule has 1 aliphatic heterocycles. The van der Waals surface area contributed by atoms with E-state index in [0.29, 0.717) is 18.1 Å². The number of hydrogen-bond donors (Lipinski definition) is 1. The summed E-state index contributed by atoms with van der Waals surface area (Å²) in [7, 11) is 0. The predicted molar refractivity (Wildman–Crippen MR) is 85.9 cm³/mol. The van der Waals surface area contributed by atoms with Crippen molar-refractivity contribution in [3.63, 3.8) is 0 Å². The molecule has 116 valence electrons. The molecule has 1 aromatic rings. The summed E-state index contributed by atoms with van der Waals surface area (Å²) in [5, 5.41) is 0. The van der Waals surface area contributed by atoms with Gasteiger partial charge in [0.2, 0.25) is 0 Å². The Labute approximate surface area is 127 Å². The van der Waals surface area contributed by atoms with E-state index in [1.54, 1.807) is 6.07 Å². The number of nitrogens with zero attached hydrogens (tertiary/aromatic N) is 2. The highest BCUT2D eigenvalue weighted by atomic mass is 19.1. The summed E-state index contributed by atoms with van der Waals surface area (Å²) in [4.78, 5) is 6.65. The van der Waals surface area contributed by atoms with E-state index in [2.05, 4.69) is 16.8 Å². The van der Waals surface area contributed by atoms with Gasteiger partial charge in [0.25, 0.3) is 0 Å². The van der Waals surface area contributed by atoms with Crippen LogP contribution in [0, 0.1) is 11.7 Å². The minimum Gasteiger partial charge on any atom is -0.370 e. The monoisotopic (exact) mass is 291 g/mol. The molecule has 2 rings (SSSR count). The number of halogens is 1. The highest BCUT2D eigenvalue weighted by molar-refractivity contribution is 5.78. The smallest absolute Gasteiger partial charge is 0.191 e. The van der Waals surface area contributed by atoms with Crippen LogP contribution in [-0.4, -0.2) is 30.5 Å². The molecule has 0 aromatic heterocycles. The number of rotatable bonds is 3. The third-order valence-electron chi connectivity index (χ3n) is 4.35. The first-order chi connectivity index (χ1) is 9.90. The maximum atomic E-state index is 13.9. The lowest BCUT2D eigenvalue weighted by Crippen LogP contribution is -2.43. The minimum absolute atomic E-state index is 0.178. The summed E-state index contributed by atoms with van der Waals surface area (Å²) in [5.41, 5.74) is 6.43. The lowest BCUT2D eigenvalue weighted by atomic mass is 9.84. The quantitative estimate of drug-likeness (QED) is 0.686. The molecule has 0 unspecified atom stereocenters. The van der Waals surface area contributed by atoms with Crippen molar-refractivity contribution in [3.05, 3.63) is 35.6 Å². The van der Waals surface area contributed by atoms with Crippen LogP contribution in [-0.2, 0) is 5.41 Å². The number of hydrogen-bond acceptors (Lipinski definition) is 1. The van der Waals surface area contributed by atoms with Gasteiger partial charge in [-0.05, 0) is 30.4 Å². The number of aliphatic imine (C=N–C) groups is 1. The number of likely N-dealkylation sites (tertiary alicyclic amines) is 1. The fourth-order valence-electron chi connectivity index (χ4n) is 2.71. The number of piperidine rings is 1. The van der Waals surface area contributed by atoms with Crippen molar-refractivity contribution in [2.45, 2.75) is 39.0 Å². The van der Waals surface area contributed by atoms with Crippen LogP contribution in [0.25, 0.3) is 0 Å². The molecule has 1 fully saturated rings. The van der Waals surface area contributed by atoms with E-state index in [4.69, 9.17) is 5.73 Å². The van der Waals surface area contributed by atoms with Crippen molar-refractivity contribution in [1.82, 2.24) is 4.90 Å². The van der Waals surface area contributed by atoms with Crippen molar-refractivity contribution in [2.24, 2.45) is 16.6 Å². The third kappa shape index (κ3) is 3.96. The molecule has 0 radical (unpaired) electrons. The molecule has 0 amide bonds. The Balaban J connectivity index is 2.03. The molecule has 1 aromatic carbocycles. The number of nitrogens with two attached hydrogens (primary N) is 1. The molecule has 0 spiro atoms. The van der Waals surface area contributed by atoms with Gasteiger partial charge in [-0.25, -0.2) is 4.39 Å². The van der Waals surface area contributed by atoms with Gasteiger partial charge < -0.3 is 10.6 Å². The van der Waals surface area contributed by atoms with Crippen LogP contribution >= 0.6 is 0 Å². The highest BCUT2D eigenvalue weighted by Crippen LogP contribution is 2.26. The van der Waals surface area contributed by atoms with Crippen molar-refractivity contribution in [3.8, 4) is 0 Å². The summed E-state index contributed by atoms with van der Waals surface area (Å²) in [6.45, 7) is 8.70. The van der Waals surface area contributed by atoms with E-state index in [0.717, 1.165) is 31.8 Å². The van der Waals surface area contributed by atoms with Crippen LogP contribution < -0.4 is 5.73 Å². The van der Waals surface area contributed by atoms with Crippen molar-refractivity contribution >= 4 is 5.96 Å². The van der Waals surface area contributed by atoms with E-state index < -0.39 is 0 Å². The minimum atomic E-state index is -0.362. The lowest BCUT2D eigenvalue weighted by molar-refractivity contribution is 0.277. The third-order valence-corrected chi connectivity index (χ3v) is 4.35. The molecule has 2 N–H and O–H groups in total. The zero-order chi connectivity index (χ0) is 15.5. The van der Waals surface area contributed by atoms with Gasteiger partial charge in [0.05, 0.1) is 6.54 Å². The molecule has 0 aliphatic carbocycles. The normalized spacial score (nSPS) is 18.1. The van der Waals surface area contributed by atoms with Crippen LogP contribution in [0.15, 0.2) is 29.3 Å². The number of guanidine groups is 1. The van der Waals surface area contributed by atoms with Crippen LogP contribution in [0.1, 0.15) is 39.2 Å². The standard InChI is InChI=1S/C17H26FN3/c1-13-8-10-21(11-9-13)16(19)20-12-17(2,3)14-6-4-5-7-15(14)18/h4-7,13H,8-12H2,1-3H3,(H2,19,20). The summed E-state index contributed by atoms with van der Waals surface area (Å²) in [6, 6.07) is 6.89. The Bertz CT molecular complexity index is 503. The lowest BCUT2D eigenvalue weighted by Gasteiger charge is -2.32. The fourth-order valence-corrected chi connectivity index (χ4v) is 2.71. The Kier molecular flexibility index (Phi) is 4.86. The Morgan fingerprint density at radius 2 is 1.95 bits per heavy atom. The van der Waals surface area contributed by atoms with Crippen molar-refractivity contribution in [2.75, 3.05) is 19.6 Å². The summed E-state index contributed by atoms with van der Waals surface area (Å²) in [6.07, 6.45) is 2.32. The predicted octanol–water partition coefficient (Wildman–Crippen LogP) is 3.15. The van der Waals surface area contributed by atoms with Crippen molar-refractivity contribution in [1.29, 1.82) is 0 Å². The first-order valence-electron chi connectivity index (χ1n) is 7.70. The molecule has 4 heteroatoms. The number of benzene rings is 1. The zero-order valence-corrected chi connectivity index (χ0v) is 13.3. The second-order valence-electron chi connectivity index (χ2n) is 6.71. The van der Waals surface area contributed by atoms with E-state index in [-0.39, 0.29) is 11.2 Å². The molecule has 0 saturated carbocycles. The Morgan fingerprint density at radius 1 is 1.33 bits per heavy atom. The van der Waals surface area contributed by atoms with Crippen LogP contribution in [0.2, 0.25) is 0 Å². The van der Waals surface area contributed by atoms with Gasteiger partial charge in [0, 0.05) is 18.5 Å². The van der Waals surface area contributed by atoms with E-state index >= 15 is 0 Å². The second-order valence-corrected chi connectivity index (χ2v) is 6.71. The van der Waals surface area contributed by atoms with Gasteiger partial charge >= 0.3 is 0 Å². The molecule has 1 heterocycles. The molecule has 3 nitrogen and oxygen atoms in total. The first-order valence-corrected chi connectivity index (χ1v) is 7.70. The van der Waals surface area contributed by atoms with E-state index in [1.165, 1.54) is 6.07 Å². The molecule has 0 atom stereocenters. The molecule has 1 aliphatic rings. The van der Waals surface area contributed by atoms with Crippen LogP contribution in [0.4, 0.5) is 4.39 Å². The maximum Gasteiger partial charge on any atom is 0.191 e. The molecule has 0 bridgehead atoms. The van der Waals surface area contributed by atoms with Gasteiger partial charge in [0.1, 0.15) is 5.82 Å². The first kappa shape index (κ1) is 15.8. The largest absolute Gasteiger partial charge is 0.370 e. The van der Waals surface area contributed by atoms with Gasteiger partial charge in [-0.15, -0.1) is 0 Å². The average Bonchev–Trinajstić information content (AvgIpc) is 2.46. The Hall–Kier alpha value is -1.58. The second kappa shape index (κ2) is 6.46. The molecule has 21 heavy (non-hydrogen) atoms. The summed E-state index contributed by atoms with van der Waals surface area (Å²) < 4.78 is 13.9. The van der Waals surface area contributed by atoms with E-state index in [9.17, 15) is 4.39 Å². The molecular weight excluding hydrogens is 265 g/mol. The van der Waals surface area contributed by atoms with Gasteiger partial charge in [-0.3, -0.25) is 4.99 Å². The SMILES string of the molecule is CC1CCN(C(N)=NCC(C)(C)c2ccccc2F)CC1. The van der Waals surface area contributed by atoms with Crippen LogP contribution in [0.3, 0.4) is 0 Å². The maximum absolute atomic E-state index is 13.9. The van der Waals surface area contributed by atoms with Gasteiger partial charge in [-0.2, -0.15) is 0 Å². The van der Waals surface area contributed by atoms with Gasteiger partial charge in [-0.1, -0.05) is 39.0 Å². The van der Waals surface area contributed by atoms with Crippen LogP contribution in [0.5, 0.6) is 0 Å².